The lowest BCUT2D eigenvalue weighted by molar-refractivity contribution is -0.137. The molecule has 1 unspecified atom stereocenters. The summed E-state index contributed by atoms with van der Waals surface area (Å²) in [5.41, 5.74) is 0.272. The van der Waals surface area contributed by atoms with E-state index in [4.69, 9.17) is 18.9 Å². The second kappa shape index (κ2) is 10.2. The SMILES string of the molecule is CCOC(CCOc1ccc(C(F)(F)F)cc1)COc1ccc(OC)c(C)c1. The Bertz CT molecular complexity index is 729. The van der Waals surface area contributed by atoms with E-state index in [2.05, 4.69) is 0 Å². The molecular weight excluding hydrogens is 373 g/mol. The molecule has 1 atom stereocenters. The van der Waals surface area contributed by atoms with Gasteiger partial charge in [0.15, 0.2) is 0 Å². The van der Waals surface area contributed by atoms with E-state index in [1.807, 2.05) is 32.0 Å². The molecule has 7 heteroatoms. The van der Waals surface area contributed by atoms with Gasteiger partial charge < -0.3 is 18.9 Å². The number of aryl methyl sites for hydroxylation is 1. The predicted octanol–water partition coefficient (Wildman–Crippen LogP) is 5.28. The highest BCUT2D eigenvalue weighted by molar-refractivity contribution is 5.39. The molecule has 0 fully saturated rings. The Morgan fingerprint density at radius 2 is 1.64 bits per heavy atom. The molecule has 0 aliphatic rings. The molecule has 0 saturated heterocycles. The van der Waals surface area contributed by atoms with Gasteiger partial charge in [0.25, 0.3) is 0 Å². The summed E-state index contributed by atoms with van der Waals surface area (Å²) in [5, 5.41) is 0. The van der Waals surface area contributed by atoms with Crippen LogP contribution >= 0.6 is 0 Å². The molecule has 2 aromatic carbocycles. The summed E-state index contributed by atoms with van der Waals surface area (Å²) in [6.45, 7) is 5.00. The number of ether oxygens (including phenoxy) is 4. The van der Waals surface area contributed by atoms with E-state index in [1.165, 1.54) is 12.1 Å². The predicted molar refractivity (Wildman–Crippen MR) is 100 cm³/mol. The molecule has 0 radical (unpaired) electrons. The molecule has 0 spiro atoms. The van der Waals surface area contributed by atoms with Crippen LogP contribution in [0.1, 0.15) is 24.5 Å². The van der Waals surface area contributed by atoms with Crippen LogP contribution in [0, 0.1) is 6.92 Å². The molecule has 0 saturated carbocycles. The van der Waals surface area contributed by atoms with Gasteiger partial charge in [-0.2, -0.15) is 13.2 Å². The molecule has 0 N–H and O–H groups in total. The van der Waals surface area contributed by atoms with Crippen LogP contribution < -0.4 is 14.2 Å². The lowest BCUT2D eigenvalue weighted by Gasteiger charge is -2.18. The Morgan fingerprint density at radius 3 is 2.21 bits per heavy atom. The van der Waals surface area contributed by atoms with Gasteiger partial charge in [-0.05, 0) is 61.9 Å². The Labute approximate surface area is 163 Å². The Kier molecular flexibility index (Phi) is 7.99. The van der Waals surface area contributed by atoms with Gasteiger partial charge in [0.1, 0.15) is 23.9 Å². The van der Waals surface area contributed by atoms with Crippen LogP contribution in [0.25, 0.3) is 0 Å². The van der Waals surface area contributed by atoms with Crippen molar-refractivity contribution in [3.8, 4) is 17.2 Å². The van der Waals surface area contributed by atoms with Crippen molar-refractivity contribution < 1.29 is 32.1 Å². The van der Waals surface area contributed by atoms with Crippen LogP contribution in [0.2, 0.25) is 0 Å². The van der Waals surface area contributed by atoms with Crippen molar-refractivity contribution in [3.05, 3.63) is 53.6 Å². The molecule has 2 aromatic rings. The average Bonchev–Trinajstić information content (AvgIpc) is 2.66. The number of hydrogen-bond donors (Lipinski definition) is 0. The van der Waals surface area contributed by atoms with Gasteiger partial charge in [0.05, 0.1) is 25.4 Å². The fraction of sp³-hybridized carbons (Fsp3) is 0.429. The minimum atomic E-state index is -4.35. The molecule has 0 bridgehead atoms. The molecule has 0 aromatic heterocycles. The fourth-order valence-corrected chi connectivity index (χ4v) is 2.63. The number of methoxy groups -OCH3 is 1. The van der Waals surface area contributed by atoms with Crippen molar-refractivity contribution in [3.63, 3.8) is 0 Å². The lowest BCUT2D eigenvalue weighted by atomic mass is 10.2. The smallest absolute Gasteiger partial charge is 0.416 e. The van der Waals surface area contributed by atoms with E-state index in [-0.39, 0.29) is 6.10 Å². The number of hydrogen-bond acceptors (Lipinski definition) is 4. The minimum Gasteiger partial charge on any atom is -0.496 e. The van der Waals surface area contributed by atoms with E-state index in [1.54, 1.807) is 7.11 Å². The second-order valence-corrected chi connectivity index (χ2v) is 6.18. The largest absolute Gasteiger partial charge is 0.496 e. The normalized spacial score (nSPS) is 12.5. The van der Waals surface area contributed by atoms with Gasteiger partial charge in [-0.1, -0.05) is 0 Å². The first-order valence-corrected chi connectivity index (χ1v) is 9.02. The summed E-state index contributed by atoms with van der Waals surface area (Å²) in [7, 11) is 1.62. The van der Waals surface area contributed by atoms with Crippen molar-refractivity contribution >= 4 is 0 Å². The van der Waals surface area contributed by atoms with Crippen LogP contribution in [-0.4, -0.2) is 33.0 Å². The molecule has 28 heavy (non-hydrogen) atoms. The first-order chi connectivity index (χ1) is 13.3. The van der Waals surface area contributed by atoms with Crippen molar-refractivity contribution in [2.45, 2.75) is 32.5 Å². The monoisotopic (exact) mass is 398 g/mol. The van der Waals surface area contributed by atoms with E-state index in [0.29, 0.717) is 37.7 Å². The molecule has 0 aliphatic carbocycles. The van der Waals surface area contributed by atoms with Crippen molar-refractivity contribution in [1.29, 1.82) is 0 Å². The third kappa shape index (κ3) is 6.64. The molecule has 0 heterocycles. The Morgan fingerprint density at radius 1 is 0.964 bits per heavy atom. The second-order valence-electron chi connectivity index (χ2n) is 6.18. The van der Waals surface area contributed by atoms with Gasteiger partial charge in [-0.25, -0.2) is 0 Å². The van der Waals surface area contributed by atoms with Gasteiger partial charge in [0.2, 0.25) is 0 Å². The third-order valence-electron chi connectivity index (χ3n) is 4.09. The number of halogens is 3. The first-order valence-electron chi connectivity index (χ1n) is 9.02. The maximum atomic E-state index is 12.6. The summed E-state index contributed by atoms with van der Waals surface area (Å²) in [5.74, 6) is 1.89. The highest BCUT2D eigenvalue weighted by Gasteiger charge is 2.30. The fourth-order valence-electron chi connectivity index (χ4n) is 2.63. The summed E-state index contributed by atoms with van der Waals surface area (Å²) >= 11 is 0. The van der Waals surface area contributed by atoms with Gasteiger partial charge >= 0.3 is 6.18 Å². The lowest BCUT2D eigenvalue weighted by Crippen LogP contribution is -2.24. The number of alkyl halides is 3. The maximum absolute atomic E-state index is 12.6. The summed E-state index contributed by atoms with van der Waals surface area (Å²) < 4.78 is 59.9. The van der Waals surface area contributed by atoms with E-state index in [9.17, 15) is 13.2 Å². The van der Waals surface area contributed by atoms with Crippen LogP contribution in [0.3, 0.4) is 0 Å². The van der Waals surface area contributed by atoms with Crippen molar-refractivity contribution in [2.24, 2.45) is 0 Å². The highest BCUT2D eigenvalue weighted by Crippen LogP contribution is 2.30. The first kappa shape index (κ1) is 21.9. The number of rotatable bonds is 10. The van der Waals surface area contributed by atoms with Gasteiger partial charge in [-0.15, -0.1) is 0 Å². The van der Waals surface area contributed by atoms with Gasteiger partial charge in [-0.3, -0.25) is 0 Å². The molecule has 0 aliphatic heterocycles. The van der Waals surface area contributed by atoms with Crippen LogP contribution in [0.5, 0.6) is 17.2 Å². The Balaban J connectivity index is 1.83. The van der Waals surface area contributed by atoms with Crippen molar-refractivity contribution in [1.82, 2.24) is 0 Å². The van der Waals surface area contributed by atoms with Crippen LogP contribution in [0.4, 0.5) is 13.2 Å². The highest BCUT2D eigenvalue weighted by atomic mass is 19.4. The summed E-state index contributed by atoms with van der Waals surface area (Å²) in [4.78, 5) is 0. The average molecular weight is 398 g/mol. The topological polar surface area (TPSA) is 36.9 Å². The van der Waals surface area contributed by atoms with Crippen LogP contribution in [0.15, 0.2) is 42.5 Å². The molecule has 2 rings (SSSR count). The van der Waals surface area contributed by atoms with Crippen LogP contribution in [-0.2, 0) is 10.9 Å². The van der Waals surface area contributed by atoms with E-state index >= 15 is 0 Å². The zero-order chi connectivity index (χ0) is 20.6. The van der Waals surface area contributed by atoms with Gasteiger partial charge in [0, 0.05) is 13.0 Å². The zero-order valence-electron chi connectivity index (χ0n) is 16.2. The molecule has 0 amide bonds. The van der Waals surface area contributed by atoms with E-state index in [0.717, 1.165) is 23.4 Å². The van der Waals surface area contributed by atoms with Crippen molar-refractivity contribution in [2.75, 3.05) is 26.9 Å². The zero-order valence-corrected chi connectivity index (χ0v) is 16.2. The molecular formula is C21H25F3O4. The molecule has 4 nitrogen and oxygen atoms in total. The quantitative estimate of drug-likeness (QED) is 0.546. The summed E-state index contributed by atoms with van der Waals surface area (Å²) in [6, 6.07) is 10.2. The Hall–Kier alpha value is -2.41. The van der Waals surface area contributed by atoms with E-state index < -0.39 is 11.7 Å². The number of benzene rings is 2. The maximum Gasteiger partial charge on any atom is 0.416 e. The standard InChI is InChI=1S/C21H25F3O4/c1-4-26-19(14-28-18-9-10-20(25-3)15(2)13-18)11-12-27-17-7-5-16(6-8-17)21(22,23)24/h5-10,13,19H,4,11-12,14H2,1-3H3. The minimum absolute atomic E-state index is 0.193. The summed E-state index contributed by atoms with van der Waals surface area (Å²) in [6.07, 6.45) is -4.00. The third-order valence-corrected chi connectivity index (χ3v) is 4.09. The molecule has 154 valence electrons.